The maximum absolute atomic E-state index is 13.4. The molecule has 1 aliphatic rings. The molecule has 0 radical (unpaired) electrons. The highest BCUT2D eigenvalue weighted by Crippen LogP contribution is 2.43. The van der Waals surface area contributed by atoms with Crippen LogP contribution in [0.4, 0.5) is 11.4 Å². The Kier molecular flexibility index (Phi) is 7.01. The molecule has 7 heteroatoms. The lowest BCUT2D eigenvalue weighted by Gasteiger charge is -2.26. The molecule has 0 aliphatic carbocycles. The van der Waals surface area contributed by atoms with Gasteiger partial charge in [0.2, 0.25) is 0 Å². The number of amides is 1. The maximum atomic E-state index is 13.4. The third-order valence-electron chi connectivity index (χ3n) is 6.28. The van der Waals surface area contributed by atoms with E-state index in [0.717, 1.165) is 11.3 Å². The standard InChI is InChI=1S/C29H30N2O5/c1-6-36-22-13-7-19(8-14-22)26-25(27(32)24-16-15-23(35-5)17-18(24)2)28(33)29(34)31(26)21-11-9-20(10-12-21)30(3)4/h7-17,26,32H,6H2,1-5H3/b27-25-. The fourth-order valence-corrected chi connectivity index (χ4v) is 4.41. The fourth-order valence-electron chi connectivity index (χ4n) is 4.41. The highest BCUT2D eigenvalue weighted by Gasteiger charge is 2.47. The number of anilines is 2. The Labute approximate surface area is 211 Å². The first kappa shape index (κ1) is 24.9. The van der Waals surface area contributed by atoms with Gasteiger partial charge < -0.3 is 19.5 Å². The molecule has 186 valence electrons. The third-order valence-corrected chi connectivity index (χ3v) is 6.28. The van der Waals surface area contributed by atoms with Crippen molar-refractivity contribution in [2.24, 2.45) is 0 Å². The number of hydrogen-bond donors (Lipinski definition) is 1. The van der Waals surface area contributed by atoms with Gasteiger partial charge in [-0.05, 0) is 79.6 Å². The number of benzene rings is 3. The van der Waals surface area contributed by atoms with Gasteiger partial charge in [0.1, 0.15) is 17.3 Å². The van der Waals surface area contributed by atoms with Gasteiger partial charge in [-0.2, -0.15) is 0 Å². The van der Waals surface area contributed by atoms with Gasteiger partial charge in [0.25, 0.3) is 11.7 Å². The van der Waals surface area contributed by atoms with Crippen LogP contribution in [0.1, 0.15) is 29.7 Å². The topological polar surface area (TPSA) is 79.3 Å². The number of carbonyl (C=O) groups is 2. The number of aliphatic hydroxyl groups is 1. The first-order valence-corrected chi connectivity index (χ1v) is 11.7. The van der Waals surface area contributed by atoms with Crippen LogP contribution in [0, 0.1) is 6.92 Å². The number of ether oxygens (including phenoxy) is 2. The van der Waals surface area contributed by atoms with Crippen molar-refractivity contribution in [3.8, 4) is 11.5 Å². The van der Waals surface area contributed by atoms with Gasteiger partial charge in [0.05, 0.1) is 25.3 Å². The van der Waals surface area contributed by atoms with Gasteiger partial charge >= 0.3 is 0 Å². The summed E-state index contributed by atoms with van der Waals surface area (Å²) in [7, 11) is 5.42. The van der Waals surface area contributed by atoms with E-state index >= 15 is 0 Å². The second-order valence-electron chi connectivity index (χ2n) is 8.76. The Bertz CT molecular complexity index is 1310. The van der Waals surface area contributed by atoms with Crippen molar-refractivity contribution in [2.45, 2.75) is 19.9 Å². The molecule has 1 aliphatic heterocycles. The first-order chi connectivity index (χ1) is 17.3. The van der Waals surface area contributed by atoms with Gasteiger partial charge in [-0.25, -0.2) is 0 Å². The highest BCUT2D eigenvalue weighted by molar-refractivity contribution is 6.51. The van der Waals surface area contributed by atoms with Crippen LogP contribution in [0.3, 0.4) is 0 Å². The molecule has 3 aromatic rings. The second-order valence-corrected chi connectivity index (χ2v) is 8.76. The average molecular weight is 487 g/mol. The molecular weight excluding hydrogens is 456 g/mol. The normalized spacial score (nSPS) is 16.8. The molecule has 0 aromatic heterocycles. The summed E-state index contributed by atoms with van der Waals surface area (Å²) in [6.07, 6.45) is 0. The van der Waals surface area contributed by atoms with Crippen molar-refractivity contribution < 1.29 is 24.2 Å². The summed E-state index contributed by atoms with van der Waals surface area (Å²) in [6, 6.07) is 19.0. The molecule has 1 fully saturated rings. The number of ketones is 1. The lowest BCUT2D eigenvalue weighted by atomic mass is 9.93. The zero-order valence-corrected chi connectivity index (χ0v) is 21.1. The van der Waals surface area contributed by atoms with Crippen molar-refractivity contribution in [3.05, 3.63) is 89.0 Å². The number of aryl methyl sites for hydroxylation is 1. The predicted molar refractivity (Wildman–Crippen MR) is 141 cm³/mol. The lowest BCUT2D eigenvalue weighted by molar-refractivity contribution is -0.132. The number of carbonyl (C=O) groups excluding carboxylic acids is 2. The molecule has 1 atom stereocenters. The van der Waals surface area contributed by atoms with Crippen LogP contribution >= 0.6 is 0 Å². The smallest absolute Gasteiger partial charge is 0.300 e. The van der Waals surface area contributed by atoms with E-state index in [1.807, 2.05) is 57.1 Å². The van der Waals surface area contributed by atoms with Crippen molar-refractivity contribution in [1.82, 2.24) is 0 Å². The Morgan fingerprint density at radius 3 is 2.17 bits per heavy atom. The second kappa shape index (κ2) is 10.2. The van der Waals surface area contributed by atoms with E-state index in [1.54, 1.807) is 49.6 Å². The average Bonchev–Trinajstić information content (AvgIpc) is 3.14. The predicted octanol–water partition coefficient (Wildman–Crippen LogP) is 5.09. The summed E-state index contributed by atoms with van der Waals surface area (Å²) in [6.45, 7) is 4.24. The molecule has 1 saturated heterocycles. The summed E-state index contributed by atoms with van der Waals surface area (Å²) >= 11 is 0. The quantitative estimate of drug-likeness (QED) is 0.285. The fraction of sp³-hybridized carbons (Fsp3) is 0.241. The van der Waals surface area contributed by atoms with Crippen molar-refractivity contribution in [3.63, 3.8) is 0 Å². The van der Waals surface area contributed by atoms with E-state index < -0.39 is 17.7 Å². The monoisotopic (exact) mass is 486 g/mol. The molecule has 1 N–H and O–H groups in total. The van der Waals surface area contributed by atoms with Crippen LogP contribution in [0.5, 0.6) is 11.5 Å². The first-order valence-electron chi connectivity index (χ1n) is 11.7. The zero-order valence-electron chi connectivity index (χ0n) is 21.1. The molecule has 0 saturated carbocycles. The van der Waals surface area contributed by atoms with Crippen molar-refractivity contribution >= 4 is 28.8 Å². The number of rotatable bonds is 7. The molecule has 0 bridgehead atoms. The number of nitrogens with zero attached hydrogens (tertiary/aromatic N) is 2. The van der Waals surface area contributed by atoms with E-state index in [0.29, 0.717) is 34.9 Å². The van der Waals surface area contributed by atoms with E-state index in [-0.39, 0.29) is 11.3 Å². The van der Waals surface area contributed by atoms with Crippen molar-refractivity contribution in [2.75, 3.05) is 37.6 Å². The molecular formula is C29H30N2O5. The van der Waals surface area contributed by atoms with E-state index in [1.165, 1.54) is 4.90 Å². The van der Waals surface area contributed by atoms with Crippen LogP contribution in [0.2, 0.25) is 0 Å². The molecule has 0 spiro atoms. The van der Waals surface area contributed by atoms with Crippen LogP contribution in [-0.2, 0) is 9.59 Å². The van der Waals surface area contributed by atoms with Gasteiger partial charge in [-0.15, -0.1) is 0 Å². The summed E-state index contributed by atoms with van der Waals surface area (Å²) in [5, 5.41) is 11.4. The third kappa shape index (κ3) is 4.52. The molecule has 1 unspecified atom stereocenters. The van der Waals surface area contributed by atoms with E-state index in [4.69, 9.17) is 9.47 Å². The molecule has 1 amide bonds. The molecule has 7 nitrogen and oxygen atoms in total. The van der Waals surface area contributed by atoms with Crippen LogP contribution < -0.4 is 19.3 Å². The Morgan fingerprint density at radius 2 is 1.61 bits per heavy atom. The van der Waals surface area contributed by atoms with Crippen LogP contribution in [0.15, 0.2) is 72.3 Å². The van der Waals surface area contributed by atoms with Crippen LogP contribution in [0.25, 0.3) is 5.76 Å². The Morgan fingerprint density at radius 1 is 0.972 bits per heavy atom. The molecule has 36 heavy (non-hydrogen) atoms. The minimum absolute atomic E-state index is 0.0362. The number of Topliss-reactive ketones (excluding diaryl/α,β-unsaturated/α-hetero) is 1. The summed E-state index contributed by atoms with van der Waals surface area (Å²) in [5.41, 5.74) is 3.43. The maximum Gasteiger partial charge on any atom is 0.300 e. The Hall–Kier alpha value is -4.26. The molecule has 4 rings (SSSR count). The van der Waals surface area contributed by atoms with Gasteiger partial charge in [-0.1, -0.05) is 12.1 Å². The largest absolute Gasteiger partial charge is 0.507 e. The van der Waals surface area contributed by atoms with Gasteiger partial charge in [-0.3, -0.25) is 14.5 Å². The number of hydrogen-bond acceptors (Lipinski definition) is 6. The van der Waals surface area contributed by atoms with Crippen molar-refractivity contribution in [1.29, 1.82) is 0 Å². The van der Waals surface area contributed by atoms with Crippen LogP contribution in [-0.4, -0.2) is 44.6 Å². The van der Waals surface area contributed by atoms with Gasteiger partial charge in [0.15, 0.2) is 0 Å². The summed E-state index contributed by atoms with van der Waals surface area (Å²) < 4.78 is 10.8. The molecule has 3 aromatic carbocycles. The minimum atomic E-state index is -0.813. The Balaban J connectivity index is 1.90. The highest BCUT2D eigenvalue weighted by atomic mass is 16.5. The molecule has 1 heterocycles. The summed E-state index contributed by atoms with van der Waals surface area (Å²) in [5.74, 6) is -0.342. The minimum Gasteiger partial charge on any atom is -0.507 e. The summed E-state index contributed by atoms with van der Waals surface area (Å²) in [4.78, 5) is 30.2. The van der Waals surface area contributed by atoms with E-state index in [2.05, 4.69) is 0 Å². The number of aliphatic hydroxyl groups excluding tert-OH is 1. The van der Waals surface area contributed by atoms with Gasteiger partial charge in [0, 0.05) is 31.0 Å². The van der Waals surface area contributed by atoms with E-state index in [9.17, 15) is 14.7 Å². The SMILES string of the molecule is CCOc1ccc(C2/C(=C(/O)c3ccc(OC)cc3C)C(=O)C(=O)N2c2ccc(N(C)C)cc2)cc1. The lowest BCUT2D eigenvalue weighted by Crippen LogP contribution is -2.29. The number of methoxy groups -OCH3 is 1. The zero-order chi connectivity index (χ0) is 26.0.